The van der Waals surface area contributed by atoms with Crippen LogP contribution in [0.2, 0.25) is 0 Å². The van der Waals surface area contributed by atoms with Gasteiger partial charge in [0.1, 0.15) is 27.8 Å². The molecule has 11 rings (SSSR count). The molecule has 4 aromatic heterocycles. The van der Waals surface area contributed by atoms with Gasteiger partial charge in [-0.1, -0.05) is 60.7 Å². The second-order valence-electron chi connectivity index (χ2n) is 12.3. The molecule has 0 radical (unpaired) electrons. The van der Waals surface area contributed by atoms with Crippen LogP contribution in [0.5, 0.6) is 0 Å². The minimum atomic E-state index is 0.590. The summed E-state index contributed by atoms with van der Waals surface area (Å²) >= 11 is 1.82. The molecule has 4 heterocycles. The summed E-state index contributed by atoms with van der Waals surface area (Å²) in [5.41, 5.74) is 8.87. The molecule has 0 bridgehead atoms. The summed E-state index contributed by atoms with van der Waals surface area (Å²) in [6.07, 6.45) is 0. The molecule has 0 N–H and O–H groups in total. The highest BCUT2D eigenvalue weighted by atomic mass is 32.1. The largest absolute Gasteiger partial charge is 0.456 e. The quantitative estimate of drug-likeness (QED) is 0.190. The Balaban J connectivity index is 1.16. The van der Waals surface area contributed by atoms with E-state index in [-0.39, 0.29) is 0 Å². The maximum absolute atomic E-state index is 6.40. The van der Waals surface area contributed by atoms with Gasteiger partial charge in [0, 0.05) is 59.0 Å². The van der Waals surface area contributed by atoms with Crippen LogP contribution in [0, 0.1) is 0 Å². The van der Waals surface area contributed by atoms with Crippen LogP contribution in [-0.4, -0.2) is 4.98 Å². The topological polar surface area (TPSA) is 55.6 Å². The van der Waals surface area contributed by atoms with Crippen LogP contribution in [0.4, 0.5) is 17.1 Å². The van der Waals surface area contributed by atoms with E-state index in [1.54, 1.807) is 0 Å². The third-order valence-corrected chi connectivity index (χ3v) is 10.6. The Kier molecular flexibility index (Phi) is 5.48. The van der Waals surface area contributed by atoms with Crippen molar-refractivity contribution in [3.63, 3.8) is 0 Å². The molecule has 0 aliphatic carbocycles. The lowest BCUT2D eigenvalue weighted by Crippen LogP contribution is -2.09. The SMILES string of the molecule is c1ccc(-c2nc3c(ccc4oc5ccc(N(c6ccc7c(c6)sc6ccccc67)c6ccc7oc8ccccc8c7c6)cc5c43)o2)cc1. The molecule has 0 spiro atoms. The molecule has 0 saturated carbocycles. The minimum absolute atomic E-state index is 0.590. The second kappa shape index (κ2) is 10.1. The van der Waals surface area contributed by atoms with E-state index in [2.05, 4.69) is 95.9 Å². The summed E-state index contributed by atoms with van der Waals surface area (Å²) < 4.78 is 21.4. The molecule has 0 aliphatic rings. The van der Waals surface area contributed by atoms with Gasteiger partial charge in [0.25, 0.3) is 0 Å². The maximum atomic E-state index is 6.40. The molecular formula is C43H24N2O3S. The van der Waals surface area contributed by atoms with Crippen LogP contribution in [0.25, 0.3) is 86.6 Å². The average Bonchev–Trinajstić information content (AvgIpc) is 3.92. The number of hydrogen-bond donors (Lipinski definition) is 0. The zero-order chi connectivity index (χ0) is 32.1. The number of benzene rings is 7. The van der Waals surface area contributed by atoms with Gasteiger partial charge in [-0.15, -0.1) is 11.3 Å². The Morgan fingerprint density at radius 1 is 0.429 bits per heavy atom. The first-order chi connectivity index (χ1) is 24.2. The van der Waals surface area contributed by atoms with Gasteiger partial charge >= 0.3 is 0 Å². The zero-order valence-corrected chi connectivity index (χ0v) is 26.7. The number of nitrogens with zero attached hydrogens (tertiary/aromatic N) is 2. The lowest BCUT2D eigenvalue weighted by molar-refractivity contribution is 0.619. The summed E-state index contributed by atoms with van der Waals surface area (Å²) in [5.74, 6) is 0.590. The van der Waals surface area contributed by atoms with Crippen LogP contribution < -0.4 is 4.90 Å². The number of hydrogen-bond acceptors (Lipinski definition) is 6. The number of rotatable bonds is 4. The van der Waals surface area contributed by atoms with Gasteiger partial charge < -0.3 is 18.2 Å². The molecule has 230 valence electrons. The first-order valence-electron chi connectivity index (χ1n) is 16.2. The van der Waals surface area contributed by atoms with Crippen molar-refractivity contribution >= 4 is 104 Å². The van der Waals surface area contributed by atoms with Gasteiger partial charge in [-0.05, 0) is 84.9 Å². The molecule has 6 heteroatoms. The molecule has 7 aromatic carbocycles. The minimum Gasteiger partial charge on any atom is -0.456 e. The highest BCUT2D eigenvalue weighted by molar-refractivity contribution is 7.25. The van der Waals surface area contributed by atoms with E-state index in [0.717, 1.165) is 77.6 Å². The van der Waals surface area contributed by atoms with E-state index in [1.165, 1.54) is 20.2 Å². The lowest BCUT2D eigenvalue weighted by Gasteiger charge is -2.25. The fourth-order valence-corrected chi connectivity index (χ4v) is 8.38. The van der Waals surface area contributed by atoms with Gasteiger partial charge in [0.15, 0.2) is 5.58 Å². The predicted molar refractivity (Wildman–Crippen MR) is 202 cm³/mol. The molecule has 0 atom stereocenters. The number of thiophene rings is 1. The summed E-state index contributed by atoms with van der Waals surface area (Å²) in [4.78, 5) is 7.31. The highest BCUT2D eigenvalue weighted by Crippen LogP contribution is 2.44. The smallest absolute Gasteiger partial charge is 0.227 e. The number of anilines is 3. The van der Waals surface area contributed by atoms with Gasteiger partial charge in [0.2, 0.25) is 5.89 Å². The Labute approximate surface area is 282 Å². The van der Waals surface area contributed by atoms with Gasteiger partial charge in [-0.3, -0.25) is 0 Å². The number of fused-ring (bicyclic) bond motifs is 11. The summed E-state index contributed by atoms with van der Waals surface area (Å²) in [5, 5.41) is 6.64. The van der Waals surface area contributed by atoms with E-state index >= 15 is 0 Å². The van der Waals surface area contributed by atoms with E-state index in [4.69, 9.17) is 18.2 Å². The molecule has 5 nitrogen and oxygen atoms in total. The fourth-order valence-electron chi connectivity index (χ4n) is 7.24. The van der Waals surface area contributed by atoms with Gasteiger partial charge in [-0.25, -0.2) is 4.98 Å². The Bertz CT molecular complexity index is 3070. The first kappa shape index (κ1) is 26.7. The Morgan fingerprint density at radius 3 is 1.92 bits per heavy atom. The number of furan rings is 2. The van der Waals surface area contributed by atoms with Crippen LogP contribution >= 0.6 is 11.3 Å². The molecular weight excluding hydrogens is 625 g/mol. The van der Waals surface area contributed by atoms with Crippen LogP contribution in [0.3, 0.4) is 0 Å². The third-order valence-electron chi connectivity index (χ3n) is 9.49. The van der Waals surface area contributed by atoms with Crippen molar-refractivity contribution in [2.45, 2.75) is 0 Å². The van der Waals surface area contributed by atoms with Crippen molar-refractivity contribution < 1.29 is 13.3 Å². The average molecular weight is 649 g/mol. The maximum Gasteiger partial charge on any atom is 0.227 e. The monoisotopic (exact) mass is 648 g/mol. The second-order valence-corrected chi connectivity index (χ2v) is 13.4. The number of aromatic nitrogens is 1. The van der Waals surface area contributed by atoms with Gasteiger partial charge in [0.05, 0.1) is 5.39 Å². The summed E-state index contributed by atoms with van der Waals surface area (Å²) in [7, 11) is 0. The Morgan fingerprint density at radius 2 is 1.04 bits per heavy atom. The Hall–Kier alpha value is -6.37. The van der Waals surface area contributed by atoms with E-state index in [9.17, 15) is 0 Å². The van der Waals surface area contributed by atoms with Crippen molar-refractivity contribution in [1.29, 1.82) is 0 Å². The predicted octanol–water partition coefficient (Wildman–Crippen LogP) is 13.1. The fraction of sp³-hybridized carbons (Fsp3) is 0. The number of oxazole rings is 1. The molecule has 0 aliphatic heterocycles. The first-order valence-corrected chi connectivity index (χ1v) is 17.0. The molecule has 0 saturated heterocycles. The molecule has 0 amide bonds. The van der Waals surface area contributed by atoms with E-state index in [0.29, 0.717) is 5.89 Å². The van der Waals surface area contributed by atoms with E-state index < -0.39 is 0 Å². The third kappa shape index (κ3) is 4.01. The van der Waals surface area contributed by atoms with Crippen molar-refractivity contribution in [2.75, 3.05) is 4.90 Å². The molecule has 0 fully saturated rings. The highest BCUT2D eigenvalue weighted by Gasteiger charge is 2.21. The summed E-state index contributed by atoms with van der Waals surface area (Å²) in [6.45, 7) is 0. The normalized spacial score (nSPS) is 12.1. The van der Waals surface area contributed by atoms with Crippen molar-refractivity contribution in [2.24, 2.45) is 0 Å². The van der Waals surface area contributed by atoms with Crippen molar-refractivity contribution in [3.8, 4) is 11.5 Å². The van der Waals surface area contributed by atoms with E-state index in [1.807, 2.05) is 65.9 Å². The number of para-hydroxylation sites is 1. The lowest BCUT2D eigenvalue weighted by atomic mass is 10.1. The van der Waals surface area contributed by atoms with Crippen molar-refractivity contribution in [3.05, 3.63) is 146 Å². The molecule has 0 unspecified atom stereocenters. The van der Waals surface area contributed by atoms with Crippen molar-refractivity contribution in [1.82, 2.24) is 4.98 Å². The van der Waals surface area contributed by atoms with Crippen LogP contribution in [0.1, 0.15) is 0 Å². The zero-order valence-electron chi connectivity index (χ0n) is 25.9. The summed E-state index contributed by atoms with van der Waals surface area (Å²) in [6, 6.07) is 50.4. The standard InChI is InChI=1S/C43H24N2O3S/c1-2-8-25(9-3-1)43-44-42-38(48-43)21-20-37-41(42)33-23-27(16-19-36(33)47-37)45(26-15-18-35-32(22-26)29-10-4-6-12-34(29)46-35)28-14-17-31-30-11-5-7-13-39(30)49-40(31)24-28/h1-24H. The van der Waals surface area contributed by atoms with Crippen LogP contribution in [-0.2, 0) is 0 Å². The van der Waals surface area contributed by atoms with Crippen LogP contribution in [0.15, 0.2) is 159 Å². The molecule has 49 heavy (non-hydrogen) atoms. The molecule has 11 aromatic rings. The van der Waals surface area contributed by atoms with Gasteiger partial charge in [-0.2, -0.15) is 0 Å².